The molecule has 0 unspecified atom stereocenters. The van der Waals surface area contributed by atoms with Crippen LogP contribution in [0.4, 0.5) is 10.3 Å². The number of hydrogen-bond donors (Lipinski definition) is 1. The van der Waals surface area contributed by atoms with Crippen LogP contribution in [0.1, 0.15) is 28.8 Å². The Kier molecular flexibility index (Phi) is 8.05. The van der Waals surface area contributed by atoms with Crippen LogP contribution in [0.3, 0.4) is 0 Å². The number of amides is 2. The van der Waals surface area contributed by atoms with Gasteiger partial charge in [-0.25, -0.2) is 9.37 Å². The Morgan fingerprint density at radius 1 is 1.13 bits per heavy atom. The van der Waals surface area contributed by atoms with Gasteiger partial charge in [-0.1, -0.05) is 48.0 Å². The predicted octanol–water partition coefficient (Wildman–Crippen LogP) is 5.90. The van der Waals surface area contributed by atoms with Crippen molar-refractivity contribution in [2.45, 2.75) is 25.9 Å². The van der Waals surface area contributed by atoms with Crippen molar-refractivity contribution in [1.82, 2.24) is 14.5 Å². The summed E-state index contributed by atoms with van der Waals surface area (Å²) in [5, 5.41) is 3.36. The number of nitrogens with zero attached hydrogens (tertiary/aromatic N) is 3. The highest BCUT2D eigenvalue weighted by Crippen LogP contribution is 2.25. The summed E-state index contributed by atoms with van der Waals surface area (Å²) < 4.78 is 21.8. The van der Waals surface area contributed by atoms with Crippen LogP contribution in [0.25, 0.3) is 16.9 Å². The largest absolute Gasteiger partial charge is 0.376 e. The first-order chi connectivity index (χ1) is 18.9. The van der Waals surface area contributed by atoms with E-state index in [1.165, 1.54) is 11.0 Å². The van der Waals surface area contributed by atoms with E-state index in [2.05, 4.69) is 10.3 Å². The fourth-order valence-corrected chi connectivity index (χ4v) is 4.64. The average Bonchev–Trinajstić information content (AvgIpc) is 3.61. The minimum Gasteiger partial charge on any atom is -0.376 e. The van der Waals surface area contributed by atoms with Gasteiger partial charge in [0.1, 0.15) is 12.4 Å². The molecule has 0 aliphatic carbocycles. The van der Waals surface area contributed by atoms with Crippen LogP contribution >= 0.6 is 11.6 Å². The van der Waals surface area contributed by atoms with Gasteiger partial charge in [0.25, 0.3) is 5.91 Å². The second kappa shape index (κ2) is 11.8. The third-order valence-corrected chi connectivity index (χ3v) is 6.87. The second-order valence-corrected chi connectivity index (χ2v) is 9.93. The van der Waals surface area contributed by atoms with Gasteiger partial charge in [-0.15, -0.1) is 0 Å². The molecule has 0 radical (unpaired) electrons. The molecule has 3 aromatic carbocycles. The number of benzene rings is 3. The number of aromatic nitrogens is 2. The molecule has 1 N–H and O–H groups in total. The number of carbonyl (C=O) groups is 2. The summed E-state index contributed by atoms with van der Waals surface area (Å²) in [4.78, 5) is 32.8. The van der Waals surface area contributed by atoms with E-state index in [-0.39, 0.29) is 36.9 Å². The fraction of sp³-hybridized carbons (Fsp3) is 0.233. The molecule has 1 fully saturated rings. The van der Waals surface area contributed by atoms with Crippen molar-refractivity contribution >= 4 is 29.4 Å². The van der Waals surface area contributed by atoms with Crippen LogP contribution in [0.15, 0.2) is 79.0 Å². The number of carbonyl (C=O) groups excluding carboxylic acids is 2. The van der Waals surface area contributed by atoms with Gasteiger partial charge >= 0.3 is 0 Å². The summed E-state index contributed by atoms with van der Waals surface area (Å²) in [7, 11) is 0. The van der Waals surface area contributed by atoms with Crippen LogP contribution in [-0.2, 0) is 9.53 Å². The normalized spacial score (nSPS) is 14.8. The van der Waals surface area contributed by atoms with E-state index in [1.807, 2.05) is 30.3 Å². The molecular weight excluding hydrogens is 519 g/mol. The Morgan fingerprint density at radius 3 is 2.59 bits per heavy atom. The Balaban J connectivity index is 1.42. The zero-order chi connectivity index (χ0) is 27.4. The molecule has 1 aromatic heterocycles. The molecule has 5 rings (SSSR count). The highest BCUT2D eigenvalue weighted by molar-refractivity contribution is 6.30. The summed E-state index contributed by atoms with van der Waals surface area (Å²) in [5.74, 6) is -0.880. The molecule has 1 saturated heterocycles. The third-order valence-electron chi connectivity index (χ3n) is 6.62. The maximum Gasteiger partial charge on any atom is 0.254 e. The van der Waals surface area contributed by atoms with Crippen molar-refractivity contribution in [1.29, 1.82) is 0 Å². The average molecular weight is 547 g/mol. The molecule has 2 heterocycles. The minimum absolute atomic E-state index is 0.142. The van der Waals surface area contributed by atoms with Crippen LogP contribution < -0.4 is 5.32 Å². The number of halogens is 2. The van der Waals surface area contributed by atoms with Crippen molar-refractivity contribution in [3.05, 3.63) is 101 Å². The molecular formula is C30H28ClFN4O3. The first-order valence-corrected chi connectivity index (χ1v) is 13.1. The van der Waals surface area contributed by atoms with Crippen LogP contribution in [0, 0.1) is 12.7 Å². The second-order valence-electron chi connectivity index (χ2n) is 9.50. The van der Waals surface area contributed by atoms with E-state index in [0.29, 0.717) is 34.1 Å². The fourth-order valence-electron chi connectivity index (χ4n) is 4.51. The molecule has 1 aliphatic heterocycles. The first kappa shape index (κ1) is 26.6. The molecule has 1 atom stereocenters. The van der Waals surface area contributed by atoms with Crippen molar-refractivity contribution in [2.75, 3.05) is 25.0 Å². The van der Waals surface area contributed by atoms with Gasteiger partial charge in [-0.3, -0.25) is 19.5 Å². The molecule has 2 amide bonds. The standard InChI is InChI=1S/C30H28ClFN4O3/c1-20-9-14-24(16-26(20)32)36-18-27(21-6-3-2-4-7-21)33-30(36)34-28(37)19-35(17-25-8-5-15-39-25)29(38)22-10-12-23(31)13-11-22/h2-4,6-7,9-14,16,18,25H,5,8,15,17,19H2,1H3,(H,33,34,37)/t25-/m1/s1. The summed E-state index contributed by atoms with van der Waals surface area (Å²) in [6.07, 6.45) is 3.33. The van der Waals surface area contributed by atoms with Crippen molar-refractivity contribution < 1.29 is 18.7 Å². The zero-order valence-electron chi connectivity index (χ0n) is 21.4. The molecule has 0 saturated carbocycles. The van der Waals surface area contributed by atoms with E-state index >= 15 is 0 Å². The van der Waals surface area contributed by atoms with E-state index < -0.39 is 5.91 Å². The maximum atomic E-state index is 14.4. The van der Waals surface area contributed by atoms with Gasteiger partial charge in [-0.2, -0.15) is 0 Å². The van der Waals surface area contributed by atoms with Crippen LogP contribution in [0.2, 0.25) is 5.02 Å². The summed E-state index contributed by atoms with van der Waals surface area (Å²) >= 11 is 6.00. The van der Waals surface area contributed by atoms with Gasteiger partial charge in [0.15, 0.2) is 0 Å². The van der Waals surface area contributed by atoms with Crippen LogP contribution in [0.5, 0.6) is 0 Å². The summed E-state index contributed by atoms with van der Waals surface area (Å²) in [5.41, 5.74) is 2.90. The summed E-state index contributed by atoms with van der Waals surface area (Å²) in [6, 6.07) is 20.9. The van der Waals surface area contributed by atoms with E-state index in [0.717, 1.165) is 18.4 Å². The van der Waals surface area contributed by atoms with Gasteiger partial charge in [0.2, 0.25) is 11.9 Å². The number of aryl methyl sites for hydroxylation is 1. The molecule has 39 heavy (non-hydrogen) atoms. The van der Waals surface area contributed by atoms with Gasteiger partial charge < -0.3 is 9.64 Å². The Labute approximate surface area is 231 Å². The third kappa shape index (κ3) is 6.35. The van der Waals surface area contributed by atoms with Crippen molar-refractivity contribution in [3.8, 4) is 16.9 Å². The lowest BCUT2D eigenvalue weighted by atomic mass is 10.1. The molecule has 4 aromatic rings. The molecule has 0 spiro atoms. The topological polar surface area (TPSA) is 76.5 Å². The molecule has 9 heteroatoms. The number of anilines is 1. The van der Waals surface area contributed by atoms with Crippen LogP contribution in [-0.4, -0.2) is 52.1 Å². The van der Waals surface area contributed by atoms with E-state index in [4.69, 9.17) is 16.3 Å². The van der Waals surface area contributed by atoms with Crippen molar-refractivity contribution in [3.63, 3.8) is 0 Å². The smallest absolute Gasteiger partial charge is 0.254 e. The van der Waals surface area contributed by atoms with Gasteiger partial charge in [0, 0.05) is 35.5 Å². The highest BCUT2D eigenvalue weighted by Gasteiger charge is 2.26. The lowest BCUT2D eigenvalue weighted by Crippen LogP contribution is -2.42. The van der Waals surface area contributed by atoms with Gasteiger partial charge in [-0.05, 0) is 61.7 Å². The maximum absolute atomic E-state index is 14.4. The number of nitrogens with one attached hydrogen (secondary N) is 1. The minimum atomic E-state index is -0.436. The van der Waals surface area contributed by atoms with Crippen molar-refractivity contribution in [2.24, 2.45) is 0 Å². The predicted molar refractivity (Wildman–Crippen MR) is 149 cm³/mol. The monoisotopic (exact) mass is 546 g/mol. The lowest BCUT2D eigenvalue weighted by molar-refractivity contribution is -0.117. The van der Waals surface area contributed by atoms with Gasteiger partial charge in [0.05, 0.1) is 17.5 Å². The Morgan fingerprint density at radius 2 is 1.90 bits per heavy atom. The summed E-state index contributed by atoms with van der Waals surface area (Å²) in [6.45, 7) is 2.39. The lowest BCUT2D eigenvalue weighted by Gasteiger charge is -2.25. The highest BCUT2D eigenvalue weighted by atomic mass is 35.5. The number of ether oxygens (including phenoxy) is 1. The molecule has 200 valence electrons. The number of rotatable bonds is 8. The Bertz CT molecular complexity index is 1470. The molecule has 7 nitrogen and oxygen atoms in total. The quantitative estimate of drug-likeness (QED) is 0.298. The Hall–Kier alpha value is -4.01. The molecule has 1 aliphatic rings. The number of hydrogen-bond acceptors (Lipinski definition) is 4. The van der Waals surface area contributed by atoms with E-state index in [9.17, 15) is 14.0 Å². The molecule has 0 bridgehead atoms. The SMILES string of the molecule is Cc1ccc(-n2cc(-c3ccccc3)nc2NC(=O)CN(C[C@H]2CCCO2)C(=O)c2ccc(Cl)cc2)cc1F. The van der Waals surface area contributed by atoms with E-state index in [1.54, 1.807) is 54.1 Å². The number of imidazole rings is 1. The first-order valence-electron chi connectivity index (χ1n) is 12.7. The zero-order valence-corrected chi connectivity index (χ0v) is 22.2.